The molecule has 2 N–H and O–H groups in total. The van der Waals surface area contributed by atoms with Crippen molar-refractivity contribution in [1.82, 2.24) is 0 Å². The molecule has 19 heavy (non-hydrogen) atoms. The van der Waals surface area contributed by atoms with E-state index in [0.29, 0.717) is 0 Å². The molecule has 0 aromatic heterocycles. The summed E-state index contributed by atoms with van der Waals surface area (Å²) >= 11 is 0. The van der Waals surface area contributed by atoms with Crippen LogP contribution in [-0.4, -0.2) is 42.1 Å². The van der Waals surface area contributed by atoms with Gasteiger partial charge in [-0.1, -0.05) is 6.92 Å². The first-order chi connectivity index (χ1) is 8.93. The van der Waals surface area contributed by atoms with E-state index in [1.54, 1.807) is 0 Å². The third-order valence-electron chi connectivity index (χ3n) is 3.72. The van der Waals surface area contributed by atoms with Crippen LogP contribution < -0.4 is 0 Å². The Bertz CT molecular complexity index is 489. The molecule has 2 rings (SSSR count). The number of methoxy groups -OCH3 is 2. The summed E-state index contributed by atoms with van der Waals surface area (Å²) in [6, 6.07) is 0. The van der Waals surface area contributed by atoms with Crippen LogP contribution in [0, 0.1) is 17.8 Å². The molecule has 0 aromatic rings. The number of fused-ring (bicyclic) bond motifs is 1. The summed E-state index contributed by atoms with van der Waals surface area (Å²) in [6.45, 7) is 1.47. The summed E-state index contributed by atoms with van der Waals surface area (Å²) in [4.78, 5) is 24.3. The quantitative estimate of drug-likeness (QED) is 0.749. The molecule has 0 radical (unpaired) electrons. The molecule has 104 valence electrons. The van der Waals surface area contributed by atoms with Crippen LogP contribution in [0.2, 0.25) is 0 Å². The number of hydrogen-bond donors (Lipinski definition) is 2. The highest BCUT2D eigenvalue weighted by molar-refractivity contribution is 6.03. The number of carbonyl (C=O) groups is 2. The highest BCUT2D eigenvalue weighted by atomic mass is 16.5. The average molecular weight is 268 g/mol. The molecule has 6 heteroatoms. The monoisotopic (exact) mass is 268 g/mol. The van der Waals surface area contributed by atoms with Crippen molar-refractivity contribution in [2.24, 2.45) is 17.8 Å². The van der Waals surface area contributed by atoms with E-state index in [1.807, 2.05) is 0 Å². The molecule has 2 aliphatic rings. The summed E-state index contributed by atoms with van der Waals surface area (Å²) in [5.74, 6) is -3.67. The third-order valence-corrected chi connectivity index (χ3v) is 3.72. The third kappa shape index (κ3) is 1.83. The SMILES string of the molecule is COC1=C(OC)C2C(=O)C(O)C(C)C(=O)C2C(O)=C1. The fourth-order valence-electron chi connectivity index (χ4n) is 2.63. The summed E-state index contributed by atoms with van der Waals surface area (Å²) in [7, 11) is 2.72. The minimum absolute atomic E-state index is 0.162. The van der Waals surface area contributed by atoms with E-state index >= 15 is 0 Å². The number of Topliss-reactive ketones (excluding diaryl/α,β-unsaturated/α-hetero) is 2. The van der Waals surface area contributed by atoms with Crippen LogP contribution in [0.25, 0.3) is 0 Å². The van der Waals surface area contributed by atoms with Crippen molar-refractivity contribution in [3.63, 3.8) is 0 Å². The molecule has 0 amide bonds. The van der Waals surface area contributed by atoms with Gasteiger partial charge in [-0.15, -0.1) is 0 Å². The van der Waals surface area contributed by atoms with Gasteiger partial charge >= 0.3 is 0 Å². The van der Waals surface area contributed by atoms with Crippen LogP contribution in [0.15, 0.2) is 23.4 Å². The van der Waals surface area contributed by atoms with Crippen molar-refractivity contribution < 1.29 is 29.3 Å². The van der Waals surface area contributed by atoms with Crippen LogP contribution in [0.1, 0.15) is 6.92 Å². The van der Waals surface area contributed by atoms with E-state index in [9.17, 15) is 19.8 Å². The number of rotatable bonds is 2. The lowest BCUT2D eigenvalue weighted by molar-refractivity contribution is -0.151. The Morgan fingerprint density at radius 2 is 1.74 bits per heavy atom. The van der Waals surface area contributed by atoms with Gasteiger partial charge in [0.05, 0.1) is 26.1 Å². The molecule has 1 saturated carbocycles. The molecule has 0 heterocycles. The Kier molecular flexibility index (Phi) is 3.36. The lowest BCUT2D eigenvalue weighted by Crippen LogP contribution is -2.52. The van der Waals surface area contributed by atoms with E-state index in [1.165, 1.54) is 27.2 Å². The van der Waals surface area contributed by atoms with Crippen LogP contribution in [0.5, 0.6) is 0 Å². The van der Waals surface area contributed by atoms with Gasteiger partial charge in [0, 0.05) is 12.0 Å². The topological polar surface area (TPSA) is 93.1 Å². The average Bonchev–Trinajstić information content (AvgIpc) is 2.41. The van der Waals surface area contributed by atoms with Crippen molar-refractivity contribution in [3.8, 4) is 0 Å². The van der Waals surface area contributed by atoms with Crippen molar-refractivity contribution >= 4 is 11.6 Å². The van der Waals surface area contributed by atoms with Gasteiger partial charge in [0.1, 0.15) is 17.6 Å². The predicted molar refractivity (Wildman–Crippen MR) is 63.9 cm³/mol. The Morgan fingerprint density at radius 1 is 1.11 bits per heavy atom. The fourth-order valence-corrected chi connectivity index (χ4v) is 2.63. The Labute approximate surface area is 110 Å². The highest BCUT2D eigenvalue weighted by Crippen LogP contribution is 2.41. The smallest absolute Gasteiger partial charge is 0.173 e. The van der Waals surface area contributed by atoms with Crippen LogP contribution in [0.3, 0.4) is 0 Å². The molecule has 1 fully saturated rings. The first-order valence-electron chi connectivity index (χ1n) is 5.92. The van der Waals surface area contributed by atoms with E-state index in [0.717, 1.165) is 0 Å². The second-order valence-electron chi connectivity index (χ2n) is 4.70. The van der Waals surface area contributed by atoms with Gasteiger partial charge in [-0.25, -0.2) is 0 Å². The Balaban J connectivity index is 2.56. The number of aliphatic hydroxyl groups excluding tert-OH is 2. The number of ketones is 2. The number of ether oxygens (including phenoxy) is 2. The second kappa shape index (κ2) is 4.70. The number of hydrogen-bond acceptors (Lipinski definition) is 6. The predicted octanol–water partition coefficient (Wildman–Crippen LogP) is 0.327. The zero-order valence-corrected chi connectivity index (χ0v) is 10.9. The van der Waals surface area contributed by atoms with Crippen molar-refractivity contribution in [1.29, 1.82) is 0 Å². The molecule has 4 unspecified atom stereocenters. The summed E-state index contributed by atoms with van der Waals surface area (Å²) in [5, 5.41) is 19.8. The van der Waals surface area contributed by atoms with Gasteiger partial charge in [0.2, 0.25) is 0 Å². The van der Waals surface area contributed by atoms with Gasteiger partial charge in [-0.05, 0) is 0 Å². The zero-order valence-electron chi connectivity index (χ0n) is 10.9. The summed E-state index contributed by atoms with van der Waals surface area (Å²) in [6.07, 6.45) is -0.113. The molecule has 0 aliphatic heterocycles. The molecule has 0 saturated heterocycles. The molecule has 0 aromatic carbocycles. The molecule has 6 nitrogen and oxygen atoms in total. The summed E-state index contributed by atoms with van der Waals surface area (Å²) in [5.41, 5.74) is 0. The number of aliphatic hydroxyl groups is 2. The van der Waals surface area contributed by atoms with Crippen molar-refractivity contribution in [2.75, 3.05) is 14.2 Å². The van der Waals surface area contributed by atoms with E-state index in [4.69, 9.17) is 9.47 Å². The summed E-state index contributed by atoms with van der Waals surface area (Å²) < 4.78 is 10.2. The lowest BCUT2D eigenvalue weighted by Gasteiger charge is -2.37. The maximum absolute atomic E-state index is 12.2. The molecule has 4 atom stereocenters. The van der Waals surface area contributed by atoms with Crippen molar-refractivity contribution in [3.05, 3.63) is 23.4 Å². The fraction of sp³-hybridized carbons (Fsp3) is 0.538. The Hall–Kier alpha value is -1.82. The van der Waals surface area contributed by atoms with Crippen LogP contribution in [0.4, 0.5) is 0 Å². The molecule has 0 bridgehead atoms. The van der Waals surface area contributed by atoms with Gasteiger partial charge in [0.15, 0.2) is 17.3 Å². The standard InChI is InChI=1S/C13H16O6/c1-5-10(15)8-6(14)4-7(18-2)13(19-3)9(8)12(17)11(5)16/h4-5,8-9,11,14,16H,1-3H3. The van der Waals surface area contributed by atoms with E-state index < -0.39 is 29.6 Å². The minimum Gasteiger partial charge on any atom is -0.511 e. The van der Waals surface area contributed by atoms with Gasteiger partial charge in [-0.2, -0.15) is 0 Å². The normalized spacial score (nSPS) is 34.8. The number of allylic oxidation sites excluding steroid dienone is 3. The first-order valence-corrected chi connectivity index (χ1v) is 5.92. The first kappa shape index (κ1) is 13.6. The molecule has 2 aliphatic carbocycles. The Morgan fingerprint density at radius 3 is 2.26 bits per heavy atom. The van der Waals surface area contributed by atoms with Gasteiger partial charge in [0.25, 0.3) is 0 Å². The minimum atomic E-state index is -1.39. The van der Waals surface area contributed by atoms with Crippen molar-refractivity contribution in [2.45, 2.75) is 13.0 Å². The lowest BCUT2D eigenvalue weighted by atomic mass is 9.68. The highest BCUT2D eigenvalue weighted by Gasteiger charge is 2.53. The zero-order chi connectivity index (χ0) is 14.3. The molecular weight excluding hydrogens is 252 g/mol. The van der Waals surface area contributed by atoms with E-state index in [-0.39, 0.29) is 23.1 Å². The second-order valence-corrected chi connectivity index (χ2v) is 4.70. The van der Waals surface area contributed by atoms with Crippen LogP contribution in [-0.2, 0) is 19.1 Å². The maximum Gasteiger partial charge on any atom is 0.173 e. The maximum atomic E-state index is 12.2. The molecule has 0 spiro atoms. The van der Waals surface area contributed by atoms with Gasteiger partial charge < -0.3 is 19.7 Å². The largest absolute Gasteiger partial charge is 0.511 e. The van der Waals surface area contributed by atoms with Crippen LogP contribution >= 0.6 is 0 Å². The van der Waals surface area contributed by atoms with E-state index in [2.05, 4.69) is 0 Å². The number of carbonyl (C=O) groups excluding carboxylic acids is 2. The van der Waals surface area contributed by atoms with Gasteiger partial charge in [-0.3, -0.25) is 9.59 Å². The molecular formula is C13H16O6.